The van der Waals surface area contributed by atoms with Gasteiger partial charge in [0.2, 0.25) is 0 Å². The van der Waals surface area contributed by atoms with Gasteiger partial charge in [-0.1, -0.05) is 97.1 Å². The van der Waals surface area contributed by atoms with Crippen LogP contribution in [0.15, 0.2) is 144 Å². The molecule has 8 rings (SSSR count). The van der Waals surface area contributed by atoms with E-state index in [0.29, 0.717) is 0 Å². The molecule has 0 aliphatic rings. The zero-order valence-corrected chi connectivity index (χ0v) is 20.6. The lowest BCUT2D eigenvalue weighted by molar-refractivity contribution is 0.669. The quantitative estimate of drug-likeness (QED) is 0.243. The van der Waals surface area contributed by atoms with E-state index in [0.717, 1.165) is 27.6 Å². The Bertz CT molecular complexity index is 2080. The molecule has 0 aliphatic carbocycles. The van der Waals surface area contributed by atoms with Gasteiger partial charge in [0.25, 0.3) is 0 Å². The number of furan rings is 1. The maximum atomic E-state index is 6.39. The molecular weight excluding hydrogens is 462 g/mol. The van der Waals surface area contributed by atoms with Crippen LogP contribution in [0.1, 0.15) is 0 Å². The van der Waals surface area contributed by atoms with E-state index in [2.05, 4.69) is 144 Å². The van der Waals surface area contributed by atoms with Crippen molar-refractivity contribution in [2.45, 2.75) is 0 Å². The number of aromatic nitrogens is 1. The number of hydrogen-bond acceptors (Lipinski definition) is 1. The molecule has 0 atom stereocenters. The molecule has 0 N–H and O–H groups in total. The first-order valence-corrected chi connectivity index (χ1v) is 12.9. The lowest BCUT2D eigenvalue weighted by Gasteiger charge is -2.10. The normalized spacial score (nSPS) is 11.7. The zero-order valence-electron chi connectivity index (χ0n) is 20.6. The number of nitrogens with zero attached hydrogens (tertiary/aromatic N) is 1. The highest BCUT2D eigenvalue weighted by Crippen LogP contribution is 2.40. The third-order valence-electron chi connectivity index (χ3n) is 7.60. The van der Waals surface area contributed by atoms with Crippen LogP contribution in [-0.2, 0) is 0 Å². The molecule has 38 heavy (non-hydrogen) atoms. The molecule has 2 nitrogen and oxygen atoms in total. The van der Waals surface area contributed by atoms with Gasteiger partial charge >= 0.3 is 0 Å². The maximum absolute atomic E-state index is 6.39. The maximum Gasteiger partial charge on any atom is 0.137 e. The molecule has 2 aromatic heterocycles. The van der Waals surface area contributed by atoms with E-state index < -0.39 is 0 Å². The summed E-state index contributed by atoms with van der Waals surface area (Å²) in [6.07, 6.45) is 0. The van der Waals surface area contributed by atoms with E-state index in [1.807, 2.05) is 0 Å². The van der Waals surface area contributed by atoms with Crippen molar-refractivity contribution in [3.05, 3.63) is 140 Å². The molecule has 0 bridgehead atoms. The molecule has 0 spiro atoms. The molecular formula is C36H23NO. The first kappa shape index (κ1) is 21.0. The summed E-state index contributed by atoms with van der Waals surface area (Å²) in [5.74, 6) is 0. The van der Waals surface area contributed by atoms with Gasteiger partial charge in [0, 0.05) is 16.2 Å². The summed E-state index contributed by atoms with van der Waals surface area (Å²) in [5, 5.41) is 4.77. The number of benzene rings is 6. The van der Waals surface area contributed by atoms with Crippen molar-refractivity contribution >= 4 is 43.7 Å². The Morgan fingerprint density at radius 1 is 0.395 bits per heavy atom. The molecule has 2 heterocycles. The Labute approximate surface area is 220 Å². The van der Waals surface area contributed by atoms with Crippen molar-refractivity contribution in [1.29, 1.82) is 0 Å². The van der Waals surface area contributed by atoms with Crippen LogP contribution in [0, 0.1) is 0 Å². The highest BCUT2D eigenvalue weighted by atomic mass is 16.3. The number of hydrogen-bond donors (Lipinski definition) is 0. The van der Waals surface area contributed by atoms with E-state index in [9.17, 15) is 0 Å². The molecule has 2 heteroatoms. The van der Waals surface area contributed by atoms with Gasteiger partial charge in [0.1, 0.15) is 11.2 Å². The largest absolute Gasteiger partial charge is 0.456 e. The summed E-state index contributed by atoms with van der Waals surface area (Å²) in [6.45, 7) is 0. The summed E-state index contributed by atoms with van der Waals surface area (Å²) in [6, 6.07) is 49.5. The molecule has 0 saturated heterocycles. The number of rotatable bonds is 3. The zero-order chi connectivity index (χ0) is 25.1. The van der Waals surface area contributed by atoms with E-state index in [1.165, 1.54) is 44.1 Å². The molecule has 8 aromatic rings. The fraction of sp³-hybridized carbons (Fsp3) is 0. The average molecular weight is 486 g/mol. The van der Waals surface area contributed by atoms with Crippen molar-refractivity contribution in [1.82, 2.24) is 4.57 Å². The molecule has 0 fully saturated rings. The Morgan fingerprint density at radius 3 is 1.76 bits per heavy atom. The topological polar surface area (TPSA) is 18.1 Å². The van der Waals surface area contributed by atoms with Gasteiger partial charge in [0.15, 0.2) is 0 Å². The third-order valence-corrected chi connectivity index (χ3v) is 7.60. The van der Waals surface area contributed by atoms with Crippen LogP contribution < -0.4 is 0 Å². The predicted octanol–water partition coefficient (Wildman–Crippen LogP) is 10.0. The number of para-hydroxylation sites is 2. The monoisotopic (exact) mass is 485 g/mol. The Balaban J connectivity index is 1.39. The summed E-state index contributed by atoms with van der Waals surface area (Å²) >= 11 is 0. The molecule has 0 unspecified atom stereocenters. The summed E-state index contributed by atoms with van der Waals surface area (Å²) < 4.78 is 8.77. The van der Waals surface area contributed by atoms with Crippen LogP contribution in [0.25, 0.3) is 71.7 Å². The van der Waals surface area contributed by atoms with Gasteiger partial charge in [-0.2, -0.15) is 0 Å². The third kappa shape index (κ3) is 3.14. The second-order valence-electron chi connectivity index (χ2n) is 9.78. The fourth-order valence-corrected chi connectivity index (χ4v) is 5.87. The SMILES string of the molecule is c1ccc(-c2cccc(-c3ccc4oc5cccc(-n6c7ccccc7c7ccccc76)c5c4c3)c2)cc1. The van der Waals surface area contributed by atoms with Gasteiger partial charge in [-0.05, 0) is 64.7 Å². The molecule has 0 radical (unpaired) electrons. The van der Waals surface area contributed by atoms with Crippen LogP contribution >= 0.6 is 0 Å². The molecule has 0 amide bonds. The van der Waals surface area contributed by atoms with Gasteiger partial charge < -0.3 is 8.98 Å². The Hall–Kier alpha value is -5.08. The Kier molecular flexibility index (Phi) is 4.55. The number of fused-ring (bicyclic) bond motifs is 6. The molecule has 0 saturated carbocycles. The van der Waals surface area contributed by atoms with Crippen LogP contribution in [0.5, 0.6) is 0 Å². The highest BCUT2D eigenvalue weighted by Gasteiger charge is 2.17. The van der Waals surface area contributed by atoms with E-state index in [4.69, 9.17) is 4.42 Å². The van der Waals surface area contributed by atoms with E-state index >= 15 is 0 Å². The first-order valence-electron chi connectivity index (χ1n) is 12.9. The minimum Gasteiger partial charge on any atom is -0.456 e. The lowest BCUT2D eigenvalue weighted by Crippen LogP contribution is -1.94. The molecule has 0 aliphatic heterocycles. The summed E-state index contributed by atoms with van der Waals surface area (Å²) in [7, 11) is 0. The van der Waals surface area contributed by atoms with Gasteiger partial charge in [-0.3, -0.25) is 0 Å². The van der Waals surface area contributed by atoms with Gasteiger partial charge in [-0.25, -0.2) is 0 Å². The van der Waals surface area contributed by atoms with E-state index in [1.54, 1.807) is 0 Å². The standard InChI is InChI=1S/C36H23NO/c1-2-10-24(11-3-1)25-12-8-13-26(22-25)27-20-21-34-30(23-27)36-33(18-9-19-35(36)38-34)37-31-16-6-4-14-28(31)29-15-5-7-17-32(29)37/h1-23H. The lowest BCUT2D eigenvalue weighted by atomic mass is 9.98. The van der Waals surface area contributed by atoms with Crippen LogP contribution in [-0.4, -0.2) is 4.57 Å². The summed E-state index contributed by atoms with van der Waals surface area (Å²) in [5.41, 5.74) is 10.1. The fourth-order valence-electron chi connectivity index (χ4n) is 5.87. The second kappa shape index (κ2) is 8.22. The van der Waals surface area contributed by atoms with Gasteiger partial charge in [0.05, 0.1) is 22.1 Å². The van der Waals surface area contributed by atoms with Crippen molar-refractivity contribution in [2.75, 3.05) is 0 Å². The predicted molar refractivity (Wildman–Crippen MR) is 159 cm³/mol. The van der Waals surface area contributed by atoms with Crippen LogP contribution in [0.2, 0.25) is 0 Å². The molecule has 6 aromatic carbocycles. The van der Waals surface area contributed by atoms with E-state index in [-0.39, 0.29) is 0 Å². The Morgan fingerprint density at radius 2 is 1.00 bits per heavy atom. The minimum atomic E-state index is 0.898. The smallest absolute Gasteiger partial charge is 0.137 e. The average Bonchev–Trinajstić information content (AvgIpc) is 3.53. The summed E-state index contributed by atoms with van der Waals surface area (Å²) in [4.78, 5) is 0. The van der Waals surface area contributed by atoms with Gasteiger partial charge in [-0.15, -0.1) is 0 Å². The first-order chi connectivity index (χ1) is 18.8. The second-order valence-corrected chi connectivity index (χ2v) is 9.78. The minimum absolute atomic E-state index is 0.898. The van der Waals surface area contributed by atoms with Crippen LogP contribution in [0.4, 0.5) is 0 Å². The molecule has 178 valence electrons. The van der Waals surface area contributed by atoms with Crippen molar-refractivity contribution in [3.63, 3.8) is 0 Å². The van der Waals surface area contributed by atoms with Crippen molar-refractivity contribution in [3.8, 4) is 27.9 Å². The van der Waals surface area contributed by atoms with Crippen LogP contribution in [0.3, 0.4) is 0 Å². The highest BCUT2D eigenvalue weighted by molar-refractivity contribution is 6.14. The van der Waals surface area contributed by atoms with Crippen molar-refractivity contribution in [2.24, 2.45) is 0 Å². The van der Waals surface area contributed by atoms with Crippen molar-refractivity contribution < 1.29 is 4.42 Å².